The van der Waals surface area contributed by atoms with Crippen LogP contribution in [0.15, 0.2) is 30.3 Å². The summed E-state index contributed by atoms with van der Waals surface area (Å²) >= 11 is 0. The van der Waals surface area contributed by atoms with Crippen LogP contribution in [-0.2, 0) is 4.79 Å². The zero-order chi connectivity index (χ0) is 13.5. The Bertz CT molecular complexity index is 452. The Morgan fingerprint density at radius 3 is 2.61 bits per heavy atom. The molecular formula is C12H15N3O3. The van der Waals surface area contributed by atoms with Crippen LogP contribution in [0.3, 0.4) is 0 Å². The van der Waals surface area contributed by atoms with Gasteiger partial charge in [-0.15, -0.1) is 0 Å². The lowest BCUT2D eigenvalue weighted by Crippen LogP contribution is -2.34. The molecule has 0 fully saturated rings. The van der Waals surface area contributed by atoms with Crippen LogP contribution in [-0.4, -0.2) is 23.4 Å². The maximum absolute atomic E-state index is 11.3. The number of nitro groups is 1. The number of non-ortho nitro benzene ring substituents is 1. The molecule has 6 nitrogen and oxygen atoms in total. The fraction of sp³-hybridized carbons (Fsp3) is 0.250. The molecule has 0 aromatic heterocycles. The van der Waals surface area contributed by atoms with Crippen molar-refractivity contribution in [3.8, 4) is 0 Å². The van der Waals surface area contributed by atoms with E-state index in [-0.39, 0.29) is 17.6 Å². The molecule has 0 heterocycles. The average molecular weight is 249 g/mol. The lowest BCUT2D eigenvalue weighted by atomic mass is 10.2. The van der Waals surface area contributed by atoms with E-state index in [2.05, 4.69) is 5.32 Å². The molecule has 1 atom stereocenters. The fourth-order valence-electron chi connectivity index (χ4n) is 1.20. The molecule has 1 rings (SSSR count). The molecule has 6 heteroatoms. The van der Waals surface area contributed by atoms with Crippen molar-refractivity contribution in [1.29, 1.82) is 0 Å². The summed E-state index contributed by atoms with van der Waals surface area (Å²) in [6.07, 6.45) is 2.95. The molecule has 1 aromatic carbocycles. The SMILES string of the molecule is CC(N)CNC(=O)C=Cc1ccc([N+](=O)[O-])cc1. The van der Waals surface area contributed by atoms with Crippen molar-refractivity contribution in [2.24, 2.45) is 5.73 Å². The summed E-state index contributed by atoms with van der Waals surface area (Å²) in [5, 5.41) is 13.1. The van der Waals surface area contributed by atoms with Gasteiger partial charge in [-0.25, -0.2) is 0 Å². The molecule has 1 unspecified atom stereocenters. The summed E-state index contributed by atoms with van der Waals surface area (Å²) < 4.78 is 0. The lowest BCUT2D eigenvalue weighted by Gasteiger charge is -2.04. The van der Waals surface area contributed by atoms with E-state index >= 15 is 0 Å². The number of carbonyl (C=O) groups excluding carboxylic acids is 1. The van der Waals surface area contributed by atoms with Crippen molar-refractivity contribution in [3.63, 3.8) is 0 Å². The van der Waals surface area contributed by atoms with Gasteiger partial charge in [-0.1, -0.05) is 0 Å². The van der Waals surface area contributed by atoms with Crippen molar-refractivity contribution in [2.75, 3.05) is 6.54 Å². The standard InChI is InChI=1S/C12H15N3O3/c1-9(13)8-14-12(16)7-4-10-2-5-11(6-3-10)15(17)18/h2-7,9H,8,13H2,1H3,(H,14,16). The Kier molecular flexibility index (Phi) is 5.01. The molecular weight excluding hydrogens is 234 g/mol. The van der Waals surface area contributed by atoms with Gasteiger partial charge in [0.05, 0.1) is 4.92 Å². The number of hydrogen-bond acceptors (Lipinski definition) is 4. The van der Waals surface area contributed by atoms with Crippen LogP contribution in [0.25, 0.3) is 6.08 Å². The molecule has 96 valence electrons. The Morgan fingerprint density at radius 1 is 1.50 bits per heavy atom. The number of rotatable bonds is 5. The molecule has 3 N–H and O–H groups in total. The minimum Gasteiger partial charge on any atom is -0.351 e. The Labute approximate surface area is 105 Å². The van der Waals surface area contributed by atoms with Crippen molar-refractivity contribution in [2.45, 2.75) is 13.0 Å². The third kappa shape index (κ3) is 4.75. The first-order valence-corrected chi connectivity index (χ1v) is 5.45. The van der Waals surface area contributed by atoms with Gasteiger partial charge in [0.25, 0.3) is 5.69 Å². The van der Waals surface area contributed by atoms with Crippen LogP contribution in [0, 0.1) is 10.1 Å². The molecule has 1 aromatic rings. The van der Waals surface area contributed by atoms with Crippen LogP contribution in [0.1, 0.15) is 12.5 Å². The van der Waals surface area contributed by atoms with Crippen LogP contribution in [0.2, 0.25) is 0 Å². The van der Waals surface area contributed by atoms with E-state index in [0.29, 0.717) is 6.54 Å². The predicted molar refractivity (Wildman–Crippen MR) is 68.8 cm³/mol. The topological polar surface area (TPSA) is 98.3 Å². The number of nitrogens with zero attached hydrogens (tertiary/aromatic N) is 1. The molecule has 0 saturated heterocycles. The Balaban J connectivity index is 2.56. The van der Waals surface area contributed by atoms with Crippen molar-refractivity contribution in [3.05, 3.63) is 46.0 Å². The number of benzene rings is 1. The van der Waals surface area contributed by atoms with Gasteiger partial charge in [0.15, 0.2) is 0 Å². The number of nitrogens with two attached hydrogens (primary N) is 1. The number of carbonyl (C=O) groups is 1. The van der Waals surface area contributed by atoms with Crippen LogP contribution in [0.5, 0.6) is 0 Å². The molecule has 0 aliphatic carbocycles. The number of amides is 1. The highest BCUT2D eigenvalue weighted by Crippen LogP contribution is 2.12. The molecule has 0 saturated carbocycles. The summed E-state index contributed by atoms with van der Waals surface area (Å²) in [6, 6.07) is 5.83. The van der Waals surface area contributed by atoms with E-state index in [1.54, 1.807) is 25.1 Å². The van der Waals surface area contributed by atoms with Gasteiger partial charge >= 0.3 is 0 Å². The fourth-order valence-corrected chi connectivity index (χ4v) is 1.20. The summed E-state index contributed by atoms with van der Waals surface area (Å²) in [5.41, 5.74) is 6.23. The first-order chi connectivity index (χ1) is 8.49. The van der Waals surface area contributed by atoms with Crippen LogP contribution < -0.4 is 11.1 Å². The molecule has 0 bridgehead atoms. The second-order valence-electron chi connectivity index (χ2n) is 3.90. The van der Waals surface area contributed by atoms with E-state index in [4.69, 9.17) is 5.73 Å². The molecule has 18 heavy (non-hydrogen) atoms. The van der Waals surface area contributed by atoms with Gasteiger partial charge in [-0.3, -0.25) is 14.9 Å². The third-order valence-electron chi connectivity index (χ3n) is 2.13. The van der Waals surface area contributed by atoms with Crippen LogP contribution in [0.4, 0.5) is 5.69 Å². The minimum absolute atomic E-state index is 0.0218. The number of hydrogen-bond donors (Lipinski definition) is 2. The Hall–Kier alpha value is -2.21. The summed E-state index contributed by atoms with van der Waals surface area (Å²) in [7, 11) is 0. The average Bonchev–Trinajstić information content (AvgIpc) is 2.34. The van der Waals surface area contributed by atoms with E-state index in [1.807, 2.05) is 0 Å². The second kappa shape index (κ2) is 6.51. The highest BCUT2D eigenvalue weighted by atomic mass is 16.6. The van der Waals surface area contributed by atoms with Crippen molar-refractivity contribution >= 4 is 17.7 Å². The van der Waals surface area contributed by atoms with Gasteiger partial charge < -0.3 is 11.1 Å². The van der Waals surface area contributed by atoms with Gasteiger partial charge in [0.2, 0.25) is 5.91 Å². The largest absolute Gasteiger partial charge is 0.351 e. The smallest absolute Gasteiger partial charge is 0.269 e. The van der Waals surface area contributed by atoms with E-state index < -0.39 is 4.92 Å². The number of nitro benzene ring substituents is 1. The van der Waals surface area contributed by atoms with Gasteiger partial charge in [-0.2, -0.15) is 0 Å². The molecule has 0 radical (unpaired) electrons. The molecule has 0 spiro atoms. The molecule has 1 amide bonds. The minimum atomic E-state index is -0.469. The third-order valence-corrected chi connectivity index (χ3v) is 2.13. The van der Waals surface area contributed by atoms with Gasteiger partial charge in [-0.05, 0) is 30.7 Å². The zero-order valence-corrected chi connectivity index (χ0v) is 10.00. The van der Waals surface area contributed by atoms with E-state index in [1.165, 1.54) is 18.2 Å². The predicted octanol–water partition coefficient (Wildman–Crippen LogP) is 1.07. The monoisotopic (exact) mass is 249 g/mol. The first kappa shape index (κ1) is 13.9. The van der Waals surface area contributed by atoms with Crippen molar-refractivity contribution < 1.29 is 9.72 Å². The molecule has 0 aliphatic heterocycles. The zero-order valence-electron chi connectivity index (χ0n) is 10.00. The van der Waals surface area contributed by atoms with Gasteiger partial charge in [0, 0.05) is 30.8 Å². The van der Waals surface area contributed by atoms with Gasteiger partial charge in [0.1, 0.15) is 0 Å². The maximum Gasteiger partial charge on any atom is 0.269 e. The summed E-state index contributed by atoms with van der Waals surface area (Å²) in [6.45, 7) is 2.20. The maximum atomic E-state index is 11.3. The van der Waals surface area contributed by atoms with E-state index in [0.717, 1.165) is 5.56 Å². The van der Waals surface area contributed by atoms with Crippen molar-refractivity contribution in [1.82, 2.24) is 5.32 Å². The Morgan fingerprint density at radius 2 is 2.11 bits per heavy atom. The normalized spacial score (nSPS) is 12.3. The molecule has 0 aliphatic rings. The first-order valence-electron chi connectivity index (χ1n) is 5.45. The second-order valence-corrected chi connectivity index (χ2v) is 3.90. The van der Waals surface area contributed by atoms with E-state index in [9.17, 15) is 14.9 Å². The lowest BCUT2D eigenvalue weighted by molar-refractivity contribution is -0.384. The van der Waals surface area contributed by atoms with Crippen LogP contribution >= 0.6 is 0 Å². The number of nitrogens with one attached hydrogen (secondary N) is 1. The quantitative estimate of drug-likeness (QED) is 0.463. The highest BCUT2D eigenvalue weighted by Gasteiger charge is 2.02. The summed E-state index contributed by atoms with van der Waals surface area (Å²) in [4.78, 5) is 21.3. The summed E-state index contributed by atoms with van der Waals surface area (Å²) in [5.74, 6) is -0.245. The highest BCUT2D eigenvalue weighted by molar-refractivity contribution is 5.91.